The molecule has 0 unspecified atom stereocenters. The van der Waals surface area contributed by atoms with E-state index in [0.29, 0.717) is 24.4 Å². The number of amides is 1. The lowest BCUT2D eigenvalue weighted by Crippen LogP contribution is -2.28. The van der Waals surface area contributed by atoms with E-state index >= 15 is 0 Å². The molecule has 0 aliphatic rings. The fourth-order valence-electron chi connectivity index (χ4n) is 3.27. The van der Waals surface area contributed by atoms with Crippen LogP contribution in [0.1, 0.15) is 21.6 Å². The Kier molecular flexibility index (Phi) is 4.69. The summed E-state index contributed by atoms with van der Waals surface area (Å²) in [5.41, 5.74) is 3.37. The quantitative estimate of drug-likeness (QED) is 0.497. The molecule has 28 heavy (non-hydrogen) atoms. The molecule has 0 saturated carbocycles. The zero-order chi connectivity index (χ0) is 19.7. The molecule has 0 fully saturated rings. The van der Waals surface area contributed by atoms with E-state index < -0.39 is 0 Å². The molecular weight excluding hydrogens is 362 g/mol. The molecule has 0 atom stereocenters. The number of benzene rings is 2. The van der Waals surface area contributed by atoms with E-state index in [1.807, 2.05) is 10.6 Å². The van der Waals surface area contributed by atoms with Crippen molar-refractivity contribution in [1.82, 2.24) is 9.47 Å². The molecule has 1 amide bonds. The van der Waals surface area contributed by atoms with E-state index in [1.165, 1.54) is 24.3 Å². The molecule has 142 valence electrons. The van der Waals surface area contributed by atoms with E-state index in [1.54, 1.807) is 48.5 Å². The Morgan fingerprint density at radius 2 is 1.79 bits per heavy atom. The molecule has 0 N–H and O–H groups in total. The van der Waals surface area contributed by atoms with Crippen LogP contribution in [-0.4, -0.2) is 22.4 Å². The molecular formula is C22H18F2N2O2. The molecule has 0 aliphatic carbocycles. The van der Waals surface area contributed by atoms with Gasteiger partial charge in [0.2, 0.25) is 0 Å². The zero-order valence-electron chi connectivity index (χ0n) is 15.2. The minimum atomic E-state index is -0.325. The second kappa shape index (κ2) is 7.31. The Balaban J connectivity index is 1.64. The number of nitrogens with zero attached hydrogens (tertiary/aromatic N) is 2. The smallest absolute Gasteiger partial charge is 0.270 e. The molecule has 6 heteroatoms. The molecule has 4 rings (SSSR count). The van der Waals surface area contributed by atoms with Gasteiger partial charge in [0.05, 0.1) is 11.8 Å². The molecule has 0 radical (unpaired) electrons. The number of carbonyl (C=O) groups is 1. The molecule has 4 aromatic rings. The molecule has 0 spiro atoms. The summed E-state index contributed by atoms with van der Waals surface area (Å²) in [7, 11) is 1.69. The van der Waals surface area contributed by atoms with Crippen LogP contribution in [0.15, 0.2) is 71.3 Å². The van der Waals surface area contributed by atoms with Crippen LogP contribution >= 0.6 is 0 Å². The van der Waals surface area contributed by atoms with E-state index in [2.05, 4.69) is 0 Å². The summed E-state index contributed by atoms with van der Waals surface area (Å²) < 4.78 is 33.9. The number of rotatable bonds is 5. The van der Waals surface area contributed by atoms with Crippen molar-refractivity contribution in [3.63, 3.8) is 0 Å². The predicted molar refractivity (Wildman–Crippen MR) is 102 cm³/mol. The maximum atomic E-state index is 13.6. The van der Waals surface area contributed by atoms with Gasteiger partial charge in [-0.05, 0) is 35.4 Å². The molecule has 2 aromatic carbocycles. The van der Waals surface area contributed by atoms with E-state index in [4.69, 9.17) is 4.42 Å². The number of fused-ring (bicyclic) bond motifs is 1. The third kappa shape index (κ3) is 3.53. The van der Waals surface area contributed by atoms with Crippen molar-refractivity contribution in [3.05, 3.63) is 95.4 Å². The third-order valence-electron chi connectivity index (χ3n) is 4.65. The molecule has 4 nitrogen and oxygen atoms in total. The van der Waals surface area contributed by atoms with Crippen molar-refractivity contribution in [2.45, 2.75) is 13.1 Å². The van der Waals surface area contributed by atoms with Crippen LogP contribution < -0.4 is 0 Å². The van der Waals surface area contributed by atoms with E-state index in [0.717, 1.165) is 16.6 Å². The number of hydrogen-bond acceptors (Lipinski definition) is 2. The number of carbonyl (C=O) groups excluding carboxylic acids is 1. The van der Waals surface area contributed by atoms with Crippen molar-refractivity contribution >= 4 is 17.0 Å². The van der Waals surface area contributed by atoms with Crippen molar-refractivity contribution in [2.24, 2.45) is 0 Å². The van der Waals surface area contributed by atoms with Gasteiger partial charge in [-0.2, -0.15) is 0 Å². The highest BCUT2D eigenvalue weighted by molar-refractivity contribution is 5.97. The summed E-state index contributed by atoms with van der Waals surface area (Å²) in [5, 5.41) is 0. The van der Waals surface area contributed by atoms with Crippen LogP contribution in [0, 0.1) is 11.6 Å². The van der Waals surface area contributed by atoms with Crippen molar-refractivity contribution < 1.29 is 18.0 Å². The number of hydrogen-bond donors (Lipinski definition) is 0. The van der Waals surface area contributed by atoms with Crippen molar-refractivity contribution in [3.8, 4) is 0 Å². The molecule has 0 bridgehead atoms. The fraction of sp³-hybridized carbons (Fsp3) is 0.136. The molecule has 0 aliphatic heterocycles. The molecule has 2 aromatic heterocycles. The van der Waals surface area contributed by atoms with Gasteiger partial charge in [-0.15, -0.1) is 0 Å². The van der Waals surface area contributed by atoms with Gasteiger partial charge in [0.25, 0.3) is 5.91 Å². The monoisotopic (exact) mass is 380 g/mol. The van der Waals surface area contributed by atoms with Crippen molar-refractivity contribution in [1.29, 1.82) is 0 Å². The van der Waals surface area contributed by atoms with E-state index in [-0.39, 0.29) is 17.5 Å². The summed E-state index contributed by atoms with van der Waals surface area (Å²) in [6.07, 6.45) is 1.56. The van der Waals surface area contributed by atoms with Gasteiger partial charge in [0.1, 0.15) is 17.3 Å². The van der Waals surface area contributed by atoms with Crippen LogP contribution in [0.25, 0.3) is 11.1 Å². The average molecular weight is 380 g/mol. The van der Waals surface area contributed by atoms with Gasteiger partial charge in [-0.25, -0.2) is 8.78 Å². The summed E-state index contributed by atoms with van der Waals surface area (Å²) in [5.74, 6) is -0.844. The Hall–Kier alpha value is -3.41. The van der Waals surface area contributed by atoms with Crippen molar-refractivity contribution in [2.75, 3.05) is 7.05 Å². The highest BCUT2D eigenvalue weighted by Crippen LogP contribution is 2.24. The minimum Gasteiger partial charge on any atom is -0.463 e. The van der Waals surface area contributed by atoms with Gasteiger partial charge in [0, 0.05) is 32.3 Å². The first-order valence-electron chi connectivity index (χ1n) is 8.82. The predicted octanol–water partition coefficient (Wildman–Crippen LogP) is 4.83. The maximum Gasteiger partial charge on any atom is 0.270 e. The topological polar surface area (TPSA) is 38.4 Å². The standard InChI is InChI=1S/C22H18F2N2O2/c1-25(13-15-5-7-17(23)8-6-15)22(27)20-12-21-19(9-10-28-21)26(20)14-16-3-2-4-18(24)11-16/h2-12H,13-14H2,1H3. The first-order chi connectivity index (χ1) is 13.5. The lowest BCUT2D eigenvalue weighted by Gasteiger charge is -2.19. The SMILES string of the molecule is CN(Cc1ccc(F)cc1)C(=O)c1cc2occc2n1Cc1cccc(F)c1. The van der Waals surface area contributed by atoms with Gasteiger partial charge in [0.15, 0.2) is 5.58 Å². The van der Waals surface area contributed by atoms with Crippen LogP contribution in [0.2, 0.25) is 0 Å². The number of aromatic nitrogens is 1. The zero-order valence-corrected chi connectivity index (χ0v) is 15.2. The summed E-state index contributed by atoms with van der Waals surface area (Å²) in [4.78, 5) is 14.6. The lowest BCUT2D eigenvalue weighted by molar-refractivity contribution is 0.0775. The molecule has 2 heterocycles. The van der Waals surface area contributed by atoms with Crippen LogP contribution in [0.4, 0.5) is 8.78 Å². The minimum absolute atomic E-state index is 0.202. The highest BCUT2D eigenvalue weighted by Gasteiger charge is 2.21. The largest absolute Gasteiger partial charge is 0.463 e. The highest BCUT2D eigenvalue weighted by atomic mass is 19.1. The van der Waals surface area contributed by atoms with E-state index in [9.17, 15) is 13.6 Å². The summed E-state index contributed by atoms with van der Waals surface area (Å²) in [6, 6.07) is 15.8. The molecule has 0 saturated heterocycles. The first-order valence-corrected chi connectivity index (χ1v) is 8.82. The third-order valence-corrected chi connectivity index (χ3v) is 4.65. The van der Waals surface area contributed by atoms with Gasteiger partial charge >= 0.3 is 0 Å². The van der Waals surface area contributed by atoms with Gasteiger partial charge in [-0.1, -0.05) is 24.3 Å². The second-order valence-electron chi connectivity index (χ2n) is 6.70. The lowest BCUT2D eigenvalue weighted by atomic mass is 10.2. The van der Waals surface area contributed by atoms with Crippen LogP contribution in [0.3, 0.4) is 0 Å². The maximum absolute atomic E-state index is 13.6. The fourth-order valence-corrected chi connectivity index (χ4v) is 3.27. The Bertz CT molecular complexity index is 1130. The van der Waals surface area contributed by atoms with Gasteiger partial charge < -0.3 is 13.9 Å². The summed E-state index contributed by atoms with van der Waals surface area (Å²) >= 11 is 0. The average Bonchev–Trinajstić information content (AvgIpc) is 3.26. The van der Waals surface area contributed by atoms with Gasteiger partial charge in [-0.3, -0.25) is 4.79 Å². The number of halogens is 2. The Morgan fingerprint density at radius 1 is 1.00 bits per heavy atom. The normalized spacial score (nSPS) is 11.1. The Morgan fingerprint density at radius 3 is 2.54 bits per heavy atom. The second-order valence-corrected chi connectivity index (χ2v) is 6.70. The number of furan rings is 1. The first kappa shape index (κ1) is 18.0. The summed E-state index contributed by atoms with van der Waals surface area (Å²) in [6.45, 7) is 0.678. The Labute approximate surface area is 160 Å². The van der Waals surface area contributed by atoms with Crippen LogP contribution in [-0.2, 0) is 13.1 Å². The van der Waals surface area contributed by atoms with Crippen LogP contribution in [0.5, 0.6) is 0 Å².